The fourth-order valence-corrected chi connectivity index (χ4v) is 3.59. The van der Waals surface area contributed by atoms with E-state index < -0.39 is 0 Å². The van der Waals surface area contributed by atoms with Crippen molar-refractivity contribution in [3.63, 3.8) is 0 Å². The molecule has 3 heteroatoms. The van der Waals surface area contributed by atoms with Gasteiger partial charge in [0.2, 0.25) is 0 Å². The van der Waals surface area contributed by atoms with Gasteiger partial charge in [-0.3, -0.25) is 4.79 Å². The Hall–Kier alpha value is -2.29. The molecule has 0 fully saturated rings. The first-order valence-corrected chi connectivity index (χ1v) is 8.07. The average Bonchev–Trinajstić information content (AvgIpc) is 3.02. The number of carbonyl (C=O) groups excluding carboxylic acids is 1. The van der Waals surface area contributed by atoms with Gasteiger partial charge in [-0.2, -0.15) is 0 Å². The second kappa shape index (κ2) is 5.48. The summed E-state index contributed by atoms with van der Waals surface area (Å²) in [6.45, 7) is 0.969. The number of hydrogen-bond donors (Lipinski definition) is 2. The molecule has 1 atom stereocenters. The molecule has 1 unspecified atom stereocenters. The van der Waals surface area contributed by atoms with E-state index in [2.05, 4.69) is 34.9 Å². The molecule has 0 bridgehead atoms. The van der Waals surface area contributed by atoms with Gasteiger partial charge in [-0.25, -0.2) is 0 Å². The number of carbonyl (C=O) groups is 1. The molecule has 2 aromatic rings. The molecule has 0 saturated carbocycles. The van der Waals surface area contributed by atoms with Gasteiger partial charge in [0.05, 0.1) is 6.04 Å². The Balaban J connectivity index is 1.55. The van der Waals surface area contributed by atoms with E-state index in [9.17, 15) is 4.79 Å². The first kappa shape index (κ1) is 13.4. The summed E-state index contributed by atoms with van der Waals surface area (Å²) < 4.78 is 0. The molecule has 4 rings (SSSR count). The molecular formula is C19H20N2O. The number of rotatable bonds is 2. The molecule has 0 spiro atoms. The first-order chi connectivity index (χ1) is 10.8. The number of anilines is 1. The minimum Gasteiger partial charge on any atom is -0.384 e. The van der Waals surface area contributed by atoms with E-state index in [-0.39, 0.29) is 11.9 Å². The van der Waals surface area contributed by atoms with Crippen molar-refractivity contribution < 1.29 is 4.79 Å². The van der Waals surface area contributed by atoms with Gasteiger partial charge in [0.1, 0.15) is 0 Å². The molecule has 2 aromatic carbocycles. The van der Waals surface area contributed by atoms with Crippen LogP contribution in [0.4, 0.5) is 5.69 Å². The van der Waals surface area contributed by atoms with Gasteiger partial charge in [0, 0.05) is 17.8 Å². The number of amides is 1. The number of nitrogens with one attached hydrogen (secondary N) is 2. The monoisotopic (exact) mass is 292 g/mol. The molecule has 0 aromatic heterocycles. The Labute approximate surface area is 130 Å². The Bertz CT molecular complexity index is 723. The highest BCUT2D eigenvalue weighted by Crippen LogP contribution is 2.30. The lowest BCUT2D eigenvalue weighted by atomic mass is 9.87. The summed E-state index contributed by atoms with van der Waals surface area (Å²) in [6.07, 6.45) is 4.28. The number of hydrogen-bond acceptors (Lipinski definition) is 2. The van der Waals surface area contributed by atoms with E-state index in [1.54, 1.807) is 0 Å². The van der Waals surface area contributed by atoms with Crippen molar-refractivity contribution in [1.29, 1.82) is 0 Å². The van der Waals surface area contributed by atoms with Crippen molar-refractivity contribution in [2.24, 2.45) is 0 Å². The molecule has 0 radical (unpaired) electrons. The summed E-state index contributed by atoms with van der Waals surface area (Å²) in [5.41, 5.74) is 5.84. The van der Waals surface area contributed by atoms with Gasteiger partial charge in [-0.1, -0.05) is 24.3 Å². The van der Waals surface area contributed by atoms with Crippen LogP contribution in [0.1, 0.15) is 45.9 Å². The molecule has 2 N–H and O–H groups in total. The van der Waals surface area contributed by atoms with Crippen LogP contribution in [0.2, 0.25) is 0 Å². The zero-order valence-corrected chi connectivity index (χ0v) is 12.6. The molecule has 1 amide bonds. The molecule has 3 nitrogen and oxygen atoms in total. The lowest BCUT2D eigenvalue weighted by molar-refractivity contribution is 0.0932. The van der Waals surface area contributed by atoms with Crippen molar-refractivity contribution in [2.45, 2.75) is 31.7 Å². The van der Waals surface area contributed by atoms with Crippen LogP contribution in [0.25, 0.3) is 0 Å². The summed E-state index contributed by atoms with van der Waals surface area (Å²) in [7, 11) is 0. The lowest BCUT2D eigenvalue weighted by Crippen LogP contribution is -2.31. The highest BCUT2D eigenvalue weighted by molar-refractivity contribution is 5.95. The van der Waals surface area contributed by atoms with Crippen LogP contribution in [0.3, 0.4) is 0 Å². The van der Waals surface area contributed by atoms with Crippen LogP contribution in [0, 0.1) is 0 Å². The minimum absolute atomic E-state index is 0.0383. The maximum Gasteiger partial charge on any atom is 0.251 e. The second-order valence-electron chi connectivity index (χ2n) is 6.17. The van der Waals surface area contributed by atoms with Gasteiger partial charge in [-0.15, -0.1) is 0 Å². The standard InChI is InChI=1S/C19H20N2O/c22-19(15-8-9-17-14(12-15)10-11-20-17)21-18-7-3-5-13-4-1-2-6-16(13)18/h1-2,4,6,8-9,12,18,20H,3,5,7,10-11H2,(H,21,22). The third-order valence-electron chi connectivity index (χ3n) is 4.75. The van der Waals surface area contributed by atoms with Crippen molar-refractivity contribution >= 4 is 11.6 Å². The van der Waals surface area contributed by atoms with E-state index in [1.165, 1.54) is 22.4 Å². The van der Waals surface area contributed by atoms with Crippen LogP contribution >= 0.6 is 0 Å². The van der Waals surface area contributed by atoms with Crippen molar-refractivity contribution in [3.8, 4) is 0 Å². The maximum absolute atomic E-state index is 12.6. The molecule has 1 aliphatic carbocycles. The van der Waals surface area contributed by atoms with E-state index in [0.29, 0.717) is 0 Å². The topological polar surface area (TPSA) is 41.1 Å². The summed E-state index contributed by atoms with van der Waals surface area (Å²) in [6, 6.07) is 14.6. The average molecular weight is 292 g/mol. The number of aryl methyl sites for hydroxylation is 1. The van der Waals surface area contributed by atoms with Crippen LogP contribution in [0.5, 0.6) is 0 Å². The number of benzene rings is 2. The van der Waals surface area contributed by atoms with Gasteiger partial charge < -0.3 is 10.6 Å². The van der Waals surface area contributed by atoms with Gasteiger partial charge in [-0.05, 0) is 60.6 Å². The molecule has 0 saturated heterocycles. The summed E-state index contributed by atoms with van der Waals surface area (Å²) in [4.78, 5) is 12.6. The Morgan fingerprint density at radius 2 is 2.00 bits per heavy atom. The molecule has 22 heavy (non-hydrogen) atoms. The van der Waals surface area contributed by atoms with E-state index in [1.807, 2.05) is 18.2 Å². The molecule has 1 aliphatic heterocycles. The Kier molecular flexibility index (Phi) is 3.34. The van der Waals surface area contributed by atoms with Crippen molar-refractivity contribution in [3.05, 3.63) is 64.7 Å². The zero-order chi connectivity index (χ0) is 14.9. The Morgan fingerprint density at radius 1 is 1.09 bits per heavy atom. The van der Waals surface area contributed by atoms with Gasteiger partial charge in [0.15, 0.2) is 0 Å². The first-order valence-electron chi connectivity index (χ1n) is 8.07. The number of fused-ring (bicyclic) bond motifs is 2. The summed E-state index contributed by atoms with van der Waals surface area (Å²) in [5.74, 6) is 0.0383. The molecule has 2 aliphatic rings. The molecule has 112 valence electrons. The zero-order valence-electron chi connectivity index (χ0n) is 12.6. The van der Waals surface area contributed by atoms with Gasteiger partial charge >= 0.3 is 0 Å². The van der Waals surface area contributed by atoms with Gasteiger partial charge in [0.25, 0.3) is 5.91 Å². The fourth-order valence-electron chi connectivity index (χ4n) is 3.59. The maximum atomic E-state index is 12.6. The smallest absolute Gasteiger partial charge is 0.251 e. The normalized spacial score (nSPS) is 19.0. The third kappa shape index (κ3) is 2.37. The van der Waals surface area contributed by atoms with E-state index >= 15 is 0 Å². The van der Waals surface area contributed by atoms with Crippen LogP contribution in [-0.4, -0.2) is 12.5 Å². The predicted molar refractivity (Wildman–Crippen MR) is 88.2 cm³/mol. The third-order valence-corrected chi connectivity index (χ3v) is 4.75. The molecular weight excluding hydrogens is 272 g/mol. The van der Waals surface area contributed by atoms with E-state index in [0.717, 1.165) is 37.8 Å². The summed E-state index contributed by atoms with van der Waals surface area (Å²) >= 11 is 0. The van der Waals surface area contributed by atoms with Crippen molar-refractivity contribution in [2.75, 3.05) is 11.9 Å². The highest BCUT2D eigenvalue weighted by Gasteiger charge is 2.22. The fraction of sp³-hybridized carbons (Fsp3) is 0.316. The quantitative estimate of drug-likeness (QED) is 0.890. The van der Waals surface area contributed by atoms with E-state index in [4.69, 9.17) is 0 Å². The summed E-state index contributed by atoms with van der Waals surface area (Å²) in [5, 5.41) is 6.55. The van der Waals surface area contributed by atoms with Crippen LogP contribution in [0.15, 0.2) is 42.5 Å². The van der Waals surface area contributed by atoms with Crippen molar-refractivity contribution in [1.82, 2.24) is 5.32 Å². The van der Waals surface area contributed by atoms with Crippen LogP contribution < -0.4 is 10.6 Å². The predicted octanol–water partition coefficient (Wildman–Crippen LogP) is 3.46. The SMILES string of the molecule is O=C(NC1CCCc2ccccc21)c1ccc2c(c1)CCN2. The minimum atomic E-state index is 0.0383. The molecule has 1 heterocycles. The van der Waals surface area contributed by atoms with Crippen LogP contribution in [-0.2, 0) is 12.8 Å². The Morgan fingerprint density at radius 3 is 2.95 bits per heavy atom. The second-order valence-corrected chi connectivity index (χ2v) is 6.17. The highest BCUT2D eigenvalue weighted by atomic mass is 16.1. The lowest BCUT2D eigenvalue weighted by Gasteiger charge is -2.26. The largest absolute Gasteiger partial charge is 0.384 e.